The van der Waals surface area contributed by atoms with Crippen molar-refractivity contribution in [2.45, 2.75) is 76.8 Å². The van der Waals surface area contributed by atoms with Crippen LogP contribution in [0.5, 0.6) is 0 Å². The van der Waals surface area contributed by atoms with Gasteiger partial charge in [-0.3, -0.25) is 4.98 Å². The molecule has 1 aliphatic carbocycles. The van der Waals surface area contributed by atoms with Gasteiger partial charge in [0.25, 0.3) is 0 Å². The van der Waals surface area contributed by atoms with Gasteiger partial charge in [0.1, 0.15) is 5.82 Å². The number of halogens is 3. The molecule has 2 saturated heterocycles. The van der Waals surface area contributed by atoms with Gasteiger partial charge in [-0.05, 0) is 89.3 Å². The minimum absolute atomic E-state index is 0.0968. The summed E-state index contributed by atoms with van der Waals surface area (Å²) in [5.41, 5.74) is -1.47. The number of hydrogen-bond donors (Lipinski definition) is 1. The number of ether oxygens (including phenoxy) is 1. The molecular formula is C27H36F3N5O. The maximum Gasteiger partial charge on any atom is 0.417 e. The fourth-order valence-corrected chi connectivity index (χ4v) is 6.57. The van der Waals surface area contributed by atoms with Crippen molar-refractivity contribution in [1.82, 2.24) is 20.1 Å². The van der Waals surface area contributed by atoms with E-state index in [1.807, 2.05) is 32.6 Å². The molecule has 36 heavy (non-hydrogen) atoms. The van der Waals surface area contributed by atoms with Crippen molar-refractivity contribution in [3.63, 3.8) is 0 Å². The number of rotatable bonds is 5. The summed E-state index contributed by atoms with van der Waals surface area (Å²) in [6.07, 6.45) is 0.947. The van der Waals surface area contributed by atoms with E-state index in [0.29, 0.717) is 30.5 Å². The van der Waals surface area contributed by atoms with Crippen molar-refractivity contribution in [3.05, 3.63) is 36.2 Å². The van der Waals surface area contributed by atoms with Gasteiger partial charge in [0, 0.05) is 46.3 Å². The van der Waals surface area contributed by atoms with Crippen LogP contribution in [0.3, 0.4) is 0 Å². The summed E-state index contributed by atoms with van der Waals surface area (Å²) in [6.45, 7) is 8.25. The first-order valence-electron chi connectivity index (χ1n) is 13.7. The Balaban J connectivity index is 1.20. The lowest BCUT2D eigenvalue weighted by Crippen LogP contribution is -2.47. The molecule has 196 valence electrons. The third kappa shape index (κ3) is 5.67. The molecule has 4 heterocycles. The van der Waals surface area contributed by atoms with E-state index in [9.17, 15) is 13.2 Å². The van der Waals surface area contributed by atoms with Crippen molar-refractivity contribution in [2.24, 2.45) is 17.8 Å². The zero-order valence-corrected chi connectivity index (χ0v) is 21.3. The first kappa shape index (κ1) is 22.9. The summed E-state index contributed by atoms with van der Waals surface area (Å²) in [5.74, 6) is 1.20. The number of likely N-dealkylation sites (tertiary alicyclic amines) is 1. The Morgan fingerprint density at radius 3 is 2.31 bits per heavy atom. The molecule has 2 aromatic rings. The molecule has 1 N–H and O–H groups in total. The van der Waals surface area contributed by atoms with Crippen LogP contribution in [-0.4, -0.2) is 56.9 Å². The normalized spacial score (nSPS) is 29.5. The highest BCUT2D eigenvalue weighted by atomic mass is 19.4. The van der Waals surface area contributed by atoms with E-state index in [4.69, 9.17) is 7.48 Å². The molecule has 2 atom stereocenters. The average Bonchev–Trinajstić information content (AvgIpc) is 3.36. The molecule has 0 amide bonds. The summed E-state index contributed by atoms with van der Waals surface area (Å²) >= 11 is 0. The number of pyridine rings is 1. The van der Waals surface area contributed by atoms with Gasteiger partial charge in [-0.15, -0.1) is 10.2 Å². The van der Waals surface area contributed by atoms with E-state index in [2.05, 4.69) is 20.5 Å². The molecule has 0 radical (unpaired) electrons. The summed E-state index contributed by atoms with van der Waals surface area (Å²) in [7, 11) is 0. The van der Waals surface area contributed by atoms with Crippen LogP contribution in [0.15, 0.2) is 30.6 Å². The predicted molar refractivity (Wildman–Crippen MR) is 132 cm³/mol. The Hall–Kier alpha value is -2.26. The van der Waals surface area contributed by atoms with Gasteiger partial charge in [-0.25, -0.2) is 0 Å². The zero-order chi connectivity index (χ0) is 27.5. The van der Waals surface area contributed by atoms with Gasteiger partial charge in [0.15, 0.2) is 0 Å². The van der Waals surface area contributed by atoms with Crippen molar-refractivity contribution >= 4 is 5.82 Å². The average molecular weight is 506 g/mol. The molecule has 3 fully saturated rings. The third-order valence-corrected chi connectivity index (χ3v) is 7.56. The Kier molecular flexibility index (Phi) is 5.88. The molecule has 2 unspecified atom stereocenters. The molecule has 0 spiro atoms. The van der Waals surface area contributed by atoms with Crippen LogP contribution in [0, 0.1) is 17.8 Å². The number of nitrogens with zero attached hydrogens (tertiary/aromatic N) is 4. The van der Waals surface area contributed by atoms with E-state index in [1.54, 1.807) is 6.07 Å². The second-order valence-electron chi connectivity index (χ2n) is 11.8. The predicted octanol–water partition coefficient (Wildman–Crippen LogP) is 5.66. The Morgan fingerprint density at radius 2 is 1.72 bits per heavy atom. The monoisotopic (exact) mass is 505 g/mol. The molecular weight excluding hydrogens is 467 g/mol. The van der Waals surface area contributed by atoms with Crippen molar-refractivity contribution in [3.8, 4) is 11.3 Å². The summed E-state index contributed by atoms with van der Waals surface area (Å²) in [4.78, 5) is 5.86. The fourth-order valence-electron chi connectivity index (χ4n) is 6.57. The maximum absolute atomic E-state index is 13.4. The Labute approximate surface area is 213 Å². The smallest absolute Gasteiger partial charge is 0.370 e. The lowest BCUT2D eigenvalue weighted by atomic mass is 9.80. The van der Waals surface area contributed by atoms with Crippen LogP contribution < -0.4 is 5.32 Å². The van der Waals surface area contributed by atoms with Gasteiger partial charge in [-0.1, -0.05) is 0 Å². The fraction of sp³-hybridized carbons (Fsp3) is 0.667. The number of fused-ring (bicyclic) bond motifs is 1. The van der Waals surface area contributed by atoms with E-state index in [1.165, 1.54) is 6.07 Å². The number of nitrogens with one attached hydrogen (secondary N) is 1. The topological polar surface area (TPSA) is 63.2 Å². The number of alkyl halides is 3. The van der Waals surface area contributed by atoms with Gasteiger partial charge >= 0.3 is 6.18 Å². The minimum Gasteiger partial charge on any atom is -0.370 e. The molecule has 0 bridgehead atoms. The second-order valence-corrected chi connectivity index (χ2v) is 11.8. The minimum atomic E-state index is -4.50. The lowest BCUT2D eigenvalue weighted by Gasteiger charge is -2.46. The maximum atomic E-state index is 13.4. The molecule has 5 rings (SSSR count). The standard InChI is InChI=1S/C27H36F3N5O/c1-25(2)11-17(12-26(3,4)36-25)14-35-15-18-9-20(10-19(18)16-35)32-24-6-5-23(33-34-24)21-13-31-8-7-22(21)27(28,29)30/h5-8,13,17-20H,9-12,14-16H2,1-4H3,(H,32,34)/i14D2. The SMILES string of the molecule is [2H]C([2H])(C1CC(C)(C)OC(C)(C)C1)N1CC2CC(Nc3ccc(-c4cnccc4C(F)(F)F)nn3)CC2C1. The Morgan fingerprint density at radius 1 is 1.06 bits per heavy atom. The molecule has 1 saturated carbocycles. The van der Waals surface area contributed by atoms with Crippen molar-refractivity contribution in [2.75, 3.05) is 24.9 Å². The highest BCUT2D eigenvalue weighted by Crippen LogP contribution is 2.43. The van der Waals surface area contributed by atoms with Gasteiger partial charge in [0.2, 0.25) is 0 Å². The van der Waals surface area contributed by atoms with Crippen LogP contribution in [-0.2, 0) is 10.9 Å². The van der Waals surface area contributed by atoms with Crippen molar-refractivity contribution in [1.29, 1.82) is 0 Å². The van der Waals surface area contributed by atoms with Crippen LogP contribution in [0.25, 0.3) is 11.3 Å². The first-order chi connectivity index (χ1) is 17.6. The highest BCUT2D eigenvalue weighted by molar-refractivity contribution is 5.63. The highest BCUT2D eigenvalue weighted by Gasteiger charge is 2.44. The molecule has 2 aliphatic heterocycles. The van der Waals surface area contributed by atoms with Crippen LogP contribution in [0.2, 0.25) is 0 Å². The van der Waals surface area contributed by atoms with Crippen LogP contribution in [0.4, 0.5) is 19.0 Å². The molecule has 0 aromatic carbocycles. The lowest BCUT2D eigenvalue weighted by molar-refractivity contribution is -0.174. The molecule has 2 aromatic heterocycles. The van der Waals surface area contributed by atoms with Crippen molar-refractivity contribution < 1.29 is 20.6 Å². The largest absolute Gasteiger partial charge is 0.417 e. The molecule has 9 heteroatoms. The van der Waals surface area contributed by atoms with E-state index in [-0.39, 0.29) is 34.4 Å². The number of hydrogen-bond acceptors (Lipinski definition) is 6. The summed E-state index contributed by atoms with van der Waals surface area (Å²) in [5, 5.41) is 11.6. The van der Waals surface area contributed by atoms with E-state index < -0.39 is 18.2 Å². The molecule has 6 nitrogen and oxygen atoms in total. The van der Waals surface area contributed by atoms with Gasteiger partial charge in [-0.2, -0.15) is 13.2 Å². The zero-order valence-electron chi connectivity index (χ0n) is 23.3. The molecule has 3 aliphatic rings. The number of anilines is 1. The van der Waals surface area contributed by atoms with Crippen LogP contribution >= 0.6 is 0 Å². The third-order valence-electron chi connectivity index (χ3n) is 7.56. The second kappa shape index (κ2) is 9.24. The Bertz CT molecular complexity index is 1130. The van der Waals surface area contributed by atoms with Gasteiger partial charge < -0.3 is 15.0 Å². The summed E-state index contributed by atoms with van der Waals surface area (Å²) in [6, 6.07) is 4.30. The number of aromatic nitrogens is 3. The quantitative estimate of drug-likeness (QED) is 0.566. The van der Waals surface area contributed by atoms with E-state index in [0.717, 1.165) is 44.4 Å². The van der Waals surface area contributed by atoms with E-state index >= 15 is 0 Å². The van der Waals surface area contributed by atoms with Crippen LogP contribution in [0.1, 0.15) is 61.7 Å². The summed E-state index contributed by atoms with van der Waals surface area (Å²) < 4.78 is 64.3. The first-order valence-corrected chi connectivity index (χ1v) is 12.7. The van der Waals surface area contributed by atoms with Gasteiger partial charge in [0.05, 0.1) is 22.5 Å².